The van der Waals surface area contributed by atoms with E-state index >= 15 is 0 Å². The Morgan fingerprint density at radius 3 is 2.53 bits per heavy atom. The van der Waals surface area contributed by atoms with Crippen molar-refractivity contribution in [1.29, 1.82) is 0 Å². The summed E-state index contributed by atoms with van der Waals surface area (Å²) in [6, 6.07) is 6.93. The lowest BCUT2D eigenvalue weighted by molar-refractivity contribution is 0.355. The summed E-state index contributed by atoms with van der Waals surface area (Å²) >= 11 is 0. The van der Waals surface area contributed by atoms with Crippen LogP contribution < -0.4 is 5.56 Å². The number of halogens is 1. The summed E-state index contributed by atoms with van der Waals surface area (Å²) in [4.78, 5) is 11.6. The van der Waals surface area contributed by atoms with E-state index < -0.39 is 5.56 Å². The molecule has 1 heterocycles. The maximum atomic E-state index is 13.2. The Balaban J connectivity index is 3.01. The average Bonchev–Trinajstić information content (AvgIpc) is 2.23. The Hall–Kier alpha value is -1.90. The Bertz CT molecular complexity index is 598. The van der Waals surface area contributed by atoms with Crippen LogP contribution in [0.1, 0.15) is 12.5 Å². The predicted molar refractivity (Wildman–Crippen MR) is 59.4 cm³/mol. The normalized spacial score (nSPS) is 10.5. The van der Waals surface area contributed by atoms with E-state index in [0.29, 0.717) is 10.9 Å². The number of allylic oxidation sites excluding steroid dienone is 1. The van der Waals surface area contributed by atoms with Crippen LogP contribution in [-0.2, 0) is 0 Å². The number of benzene rings is 1. The number of fused-ring (bicyclic) bond motifs is 1. The van der Waals surface area contributed by atoms with Crippen molar-refractivity contribution in [2.24, 2.45) is 0 Å². The van der Waals surface area contributed by atoms with Crippen LogP contribution >= 0.6 is 0 Å². The highest BCUT2D eigenvalue weighted by atomic mass is 19.2. The van der Waals surface area contributed by atoms with Gasteiger partial charge in [-0.1, -0.05) is 29.3 Å². The van der Waals surface area contributed by atoms with Gasteiger partial charge in [-0.25, -0.2) is 0 Å². The second-order valence-corrected chi connectivity index (χ2v) is 3.49. The Morgan fingerprint density at radius 2 is 1.93 bits per heavy atom. The first-order valence-electron chi connectivity index (χ1n) is 4.57. The van der Waals surface area contributed by atoms with E-state index in [2.05, 4.69) is 6.58 Å². The summed E-state index contributed by atoms with van der Waals surface area (Å²) in [7, 11) is 0. The molecule has 0 saturated heterocycles. The number of rotatable bonds is 1. The Kier molecular flexibility index (Phi) is 2.15. The van der Waals surface area contributed by atoms with Crippen LogP contribution in [-0.4, -0.2) is 4.79 Å². The van der Waals surface area contributed by atoms with Crippen molar-refractivity contribution in [3.8, 4) is 0 Å². The quantitative estimate of drug-likeness (QED) is 0.698. The largest absolute Gasteiger partial charge is 0.286 e. The van der Waals surface area contributed by atoms with Gasteiger partial charge in [0.1, 0.15) is 0 Å². The minimum Gasteiger partial charge on any atom is -0.266 e. The summed E-state index contributed by atoms with van der Waals surface area (Å²) in [5, 5.41) is 1.12. The van der Waals surface area contributed by atoms with Crippen molar-refractivity contribution in [1.82, 2.24) is 4.79 Å². The second-order valence-electron chi connectivity index (χ2n) is 3.49. The third-order valence-electron chi connectivity index (χ3n) is 2.34. The minimum absolute atomic E-state index is 0.104. The highest BCUT2D eigenvalue weighted by Crippen LogP contribution is 2.21. The molecule has 0 aliphatic rings. The van der Waals surface area contributed by atoms with Crippen LogP contribution in [0.2, 0.25) is 0 Å². The molecular formula is C12H10FNO. The zero-order chi connectivity index (χ0) is 11.0. The first-order chi connectivity index (χ1) is 7.11. The fourth-order valence-electron chi connectivity index (χ4n) is 1.60. The molecular weight excluding hydrogens is 193 g/mol. The van der Waals surface area contributed by atoms with Gasteiger partial charge in [-0.05, 0) is 23.9 Å². The Labute approximate surface area is 86.2 Å². The standard InChI is InChI=1S/C12H10FNO/c1-8(2)11-7-14(13)12(15)10-6-4-3-5-9(10)11/h3-7H,1H2,2H3. The van der Waals surface area contributed by atoms with Gasteiger partial charge >= 0.3 is 0 Å². The minimum atomic E-state index is -0.629. The molecule has 0 radical (unpaired) electrons. The molecule has 2 aromatic rings. The highest BCUT2D eigenvalue weighted by Gasteiger charge is 2.07. The van der Waals surface area contributed by atoms with Gasteiger partial charge in [-0.15, -0.1) is 4.79 Å². The molecule has 76 valence electrons. The zero-order valence-electron chi connectivity index (χ0n) is 8.33. The molecule has 0 aliphatic carbocycles. The van der Waals surface area contributed by atoms with E-state index in [1.807, 2.05) is 6.07 Å². The zero-order valence-corrected chi connectivity index (χ0v) is 8.33. The van der Waals surface area contributed by atoms with Crippen molar-refractivity contribution in [2.75, 3.05) is 0 Å². The van der Waals surface area contributed by atoms with Gasteiger partial charge in [-0.3, -0.25) is 4.79 Å². The lowest BCUT2D eigenvalue weighted by Gasteiger charge is -2.06. The molecule has 0 N–H and O–H groups in total. The number of nitrogens with zero attached hydrogens (tertiary/aromatic N) is 1. The molecule has 2 rings (SSSR count). The van der Waals surface area contributed by atoms with Gasteiger partial charge in [-0.2, -0.15) is 0 Å². The average molecular weight is 203 g/mol. The Morgan fingerprint density at radius 1 is 1.33 bits per heavy atom. The van der Waals surface area contributed by atoms with Gasteiger partial charge < -0.3 is 0 Å². The first kappa shape index (κ1) is 9.65. The van der Waals surface area contributed by atoms with Crippen LogP contribution in [0.15, 0.2) is 41.8 Å². The molecule has 0 spiro atoms. The molecule has 0 aliphatic heterocycles. The lowest BCUT2D eigenvalue weighted by atomic mass is 10.0. The highest BCUT2D eigenvalue weighted by molar-refractivity contribution is 5.92. The van der Waals surface area contributed by atoms with Crippen molar-refractivity contribution < 1.29 is 4.48 Å². The van der Waals surface area contributed by atoms with Crippen molar-refractivity contribution >= 4 is 16.3 Å². The summed E-state index contributed by atoms with van der Waals surface area (Å²) in [5.41, 5.74) is 0.765. The summed E-state index contributed by atoms with van der Waals surface area (Å²) in [5.74, 6) is 0. The van der Waals surface area contributed by atoms with E-state index in [-0.39, 0.29) is 4.79 Å². The molecule has 0 fully saturated rings. The molecule has 15 heavy (non-hydrogen) atoms. The van der Waals surface area contributed by atoms with Crippen LogP contribution in [0.4, 0.5) is 4.48 Å². The maximum Gasteiger partial charge on any atom is 0.286 e. The molecule has 0 unspecified atom stereocenters. The van der Waals surface area contributed by atoms with Crippen molar-refractivity contribution in [3.05, 3.63) is 53.0 Å². The molecule has 2 nitrogen and oxygen atoms in total. The van der Waals surface area contributed by atoms with Gasteiger partial charge in [0.2, 0.25) is 0 Å². The molecule has 0 saturated carbocycles. The number of aromatic nitrogens is 1. The number of hydrogen-bond donors (Lipinski definition) is 0. The second kappa shape index (κ2) is 3.35. The van der Waals surface area contributed by atoms with E-state index in [1.165, 1.54) is 6.20 Å². The molecule has 0 bridgehead atoms. The fourth-order valence-corrected chi connectivity index (χ4v) is 1.60. The number of hydrogen-bond acceptors (Lipinski definition) is 1. The van der Waals surface area contributed by atoms with E-state index in [1.54, 1.807) is 25.1 Å². The smallest absolute Gasteiger partial charge is 0.266 e. The topological polar surface area (TPSA) is 22.0 Å². The van der Waals surface area contributed by atoms with Crippen LogP contribution in [0.3, 0.4) is 0 Å². The lowest BCUT2D eigenvalue weighted by Crippen LogP contribution is -2.14. The number of pyridine rings is 1. The molecule has 3 heteroatoms. The third kappa shape index (κ3) is 1.46. The first-order valence-corrected chi connectivity index (χ1v) is 4.57. The van der Waals surface area contributed by atoms with Crippen LogP contribution in [0.5, 0.6) is 0 Å². The fraction of sp³-hybridized carbons (Fsp3) is 0.0833. The monoisotopic (exact) mass is 203 g/mol. The predicted octanol–water partition coefficient (Wildman–Crippen LogP) is 2.77. The molecule has 1 aromatic heterocycles. The van der Waals surface area contributed by atoms with Crippen molar-refractivity contribution in [2.45, 2.75) is 6.92 Å². The molecule has 1 aromatic carbocycles. The van der Waals surface area contributed by atoms with E-state index in [0.717, 1.165) is 11.0 Å². The summed E-state index contributed by atoms with van der Waals surface area (Å²) in [6.07, 6.45) is 1.17. The van der Waals surface area contributed by atoms with Gasteiger partial charge in [0, 0.05) is 5.56 Å². The van der Waals surface area contributed by atoms with Gasteiger partial charge in [0.05, 0.1) is 11.6 Å². The van der Waals surface area contributed by atoms with Crippen LogP contribution in [0.25, 0.3) is 16.3 Å². The SMILES string of the molecule is C=C(C)c1cn(F)c(=O)c2ccccc12. The van der Waals surface area contributed by atoms with Gasteiger partial charge in [0.15, 0.2) is 0 Å². The van der Waals surface area contributed by atoms with Gasteiger partial charge in [0.25, 0.3) is 5.56 Å². The van der Waals surface area contributed by atoms with E-state index in [9.17, 15) is 9.28 Å². The third-order valence-corrected chi connectivity index (χ3v) is 2.34. The molecule has 0 atom stereocenters. The van der Waals surface area contributed by atoms with E-state index in [4.69, 9.17) is 0 Å². The summed E-state index contributed by atoms with van der Waals surface area (Å²) in [6.45, 7) is 5.55. The maximum absolute atomic E-state index is 13.2. The summed E-state index contributed by atoms with van der Waals surface area (Å²) < 4.78 is 13.2. The van der Waals surface area contributed by atoms with Crippen LogP contribution in [0, 0.1) is 0 Å². The van der Waals surface area contributed by atoms with Crippen molar-refractivity contribution in [3.63, 3.8) is 0 Å². The molecule has 0 amide bonds.